The van der Waals surface area contributed by atoms with E-state index in [0.717, 1.165) is 0 Å². The Kier molecular flexibility index (Phi) is 5.24. The van der Waals surface area contributed by atoms with E-state index in [1.165, 1.54) is 24.8 Å². The number of aromatic nitrogens is 2. The summed E-state index contributed by atoms with van der Waals surface area (Å²) >= 11 is 0. The number of hydrogen-bond acceptors (Lipinski definition) is 6. The van der Waals surface area contributed by atoms with Crippen molar-refractivity contribution in [1.82, 2.24) is 9.55 Å². The third-order valence-corrected chi connectivity index (χ3v) is 4.25. The van der Waals surface area contributed by atoms with E-state index in [1.807, 2.05) is 0 Å². The van der Waals surface area contributed by atoms with Crippen LogP contribution in [0.15, 0.2) is 15.8 Å². The Morgan fingerprint density at radius 2 is 2.13 bits per heavy atom. The molecule has 0 spiro atoms. The number of phosphoric ester groups is 1. The molecule has 2 rings (SSSR count). The number of ether oxygens (including phenoxy) is 2. The second kappa shape index (κ2) is 6.68. The third kappa shape index (κ3) is 4.17. The predicted molar refractivity (Wildman–Crippen MR) is 78.0 cm³/mol. The average molecular weight is 350 g/mol. The highest BCUT2D eigenvalue weighted by molar-refractivity contribution is 7.46. The Labute approximate surface area is 131 Å². The number of nitrogens with one attached hydrogen (secondary N) is 1. The van der Waals surface area contributed by atoms with Gasteiger partial charge in [-0.05, 0) is 13.8 Å². The SMILES string of the molecule is CO[C@@H]1C[C@H](n2cc(C)c(=O)[nH]c2=O)OC1[C@H](C)OP(=O)(O)O. The Bertz CT molecular complexity index is 723. The van der Waals surface area contributed by atoms with Gasteiger partial charge in [0.05, 0.1) is 12.2 Å². The molecule has 0 aromatic carbocycles. The van der Waals surface area contributed by atoms with Crippen LogP contribution in [0, 0.1) is 6.92 Å². The first-order valence-electron chi connectivity index (χ1n) is 6.86. The van der Waals surface area contributed by atoms with Gasteiger partial charge in [0.15, 0.2) is 0 Å². The van der Waals surface area contributed by atoms with E-state index in [-0.39, 0.29) is 6.42 Å². The lowest BCUT2D eigenvalue weighted by Gasteiger charge is -2.24. The molecule has 0 saturated carbocycles. The summed E-state index contributed by atoms with van der Waals surface area (Å²) in [5.41, 5.74) is -0.780. The molecule has 1 aliphatic rings. The molecule has 10 nitrogen and oxygen atoms in total. The van der Waals surface area contributed by atoms with Gasteiger partial charge in [-0.3, -0.25) is 18.9 Å². The number of hydrogen-bond donors (Lipinski definition) is 3. The quantitative estimate of drug-likeness (QED) is 0.612. The molecule has 3 N–H and O–H groups in total. The van der Waals surface area contributed by atoms with Crippen molar-refractivity contribution in [2.24, 2.45) is 0 Å². The van der Waals surface area contributed by atoms with Gasteiger partial charge in [-0.15, -0.1) is 0 Å². The van der Waals surface area contributed by atoms with E-state index < -0.39 is 43.6 Å². The highest BCUT2D eigenvalue weighted by atomic mass is 31.2. The average Bonchev–Trinajstić information content (AvgIpc) is 2.85. The molecule has 0 aliphatic carbocycles. The van der Waals surface area contributed by atoms with E-state index in [2.05, 4.69) is 9.51 Å². The standard InChI is InChI=1S/C12H19N2O8P/c1-6-5-14(12(16)13-11(6)15)9-4-8(20-3)10(21-9)7(2)22-23(17,18)19/h5,7-10H,4H2,1-3H3,(H,13,15,16)(H2,17,18,19)/t7-,8+,9+,10?/m0/s1. The molecule has 130 valence electrons. The van der Waals surface area contributed by atoms with Crippen LogP contribution in [0.1, 0.15) is 25.1 Å². The first-order chi connectivity index (χ1) is 10.6. The van der Waals surface area contributed by atoms with Crippen LogP contribution in [0.5, 0.6) is 0 Å². The molecule has 23 heavy (non-hydrogen) atoms. The summed E-state index contributed by atoms with van der Waals surface area (Å²) in [6, 6.07) is 0. The summed E-state index contributed by atoms with van der Waals surface area (Å²) in [5, 5.41) is 0. The monoisotopic (exact) mass is 350 g/mol. The van der Waals surface area contributed by atoms with Gasteiger partial charge in [-0.1, -0.05) is 0 Å². The fourth-order valence-electron chi connectivity index (χ4n) is 2.56. The van der Waals surface area contributed by atoms with Crippen molar-refractivity contribution in [3.63, 3.8) is 0 Å². The van der Waals surface area contributed by atoms with Gasteiger partial charge in [-0.25, -0.2) is 9.36 Å². The van der Waals surface area contributed by atoms with Gasteiger partial charge in [0.2, 0.25) is 0 Å². The minimum Gasteiger partial charge on any atom is -0.378 e. The summed E-state index contributed by atoms with van der Waals surface area (Å²) in [6.45, 7) is 2.99. The number of rotatable bonds is 5. The van der Waals surface area contributed by atoms with Crippen LogP contribution in [0.4, 0.5) is 0 Å². The van der Waals surface area contributed by atoms with Crippen LogP contribution < -0.4 is 11.2 Å². The molecule has 0 bridgehead atoms. The van der Waals surface area contributed by atoms with Crippen molar-refractivity contribution in [3.05, 3.63) is 32.6 Å². The maximum Gasteiger partial charge on any atom is 0.469 e. The minimum atomic E-state index is -4.68. The number of nitrogens with zero attached hydrogens (tertiary/aromatic N) is 1. The van der Waals surface area contributed by atoms with Crippen molar-refractivity contribution >= 4 is 7.82 Å². The molecule has 4 atom stereocenters. The fourth-order valence-corrected chi connectivity index (χ4v) is 3.11. The zero-order chi connectivity index (χ0) is 17.4. The molecule has 0 amide bonds. The molecule has 11 heteroatoms. The van der Waals surface area contributed by atoms with Crippen molar-refractivity contribution in [2.75, 3.05) is 7.11 Å². The zero-order valence-corrected chi connectivity index (χ0v) is 13.7. The summed E-state index contributed by atoms with van der Waals surface area (Å²) in [7, 11) is -3.25. The van der Waals surface area contributed by atoms with E-state index in [9.17, 15) is 14.2 Å². The van der Waals surface area contributed by atoms with E-state index >= 15 is 0 Å². The van der Waals surface area contributed by atoms with Crippen LogP contribution in [0.2, 0.25) is 0 Å². The molecule has 0 radical (unpaired) electrons. The Hall–Kier alpha value is -1.29. The van der Waals surface area contributed by atoms with Crippen molar-refractivity contribution in [1.29, 1.82) is 0 Å². The van der Waals surface area contributed by atoms with Crippen LogP contribution >= 0.6 is 7.82 Å². The molecule has 1 unspecified atom stereocenters. The summed E-state index contributed by atoms with van der Waals surface area (Å²) in [4.78, 5) is 43.3. The highest BCUT2D eigenvalue weighted by Gasteiger charge is 2.42. The van der Waals surface area contributed by atoms with Gasteiger partial charge >= 0.3 is 13.5 Å². The van der Waals surface area contributed by atoms with Crippen molar-refractivity contribution in [3.8, 4) is 0 Å². The van der Waals surface area contributed by atoms with Crippen LogP contribution in [0.25, 0.3) is 0 Å². The number of aromatic amines is 1. The van der Waals surface area contributed by atoms with Crippen molar-refractivity contribution in [2.45, 2.75) is 44.8 Å². The maximum atomic E-state index is 11.9. The summed E-state index contributed by atoms with van der Waals surface area (Å²) in [5.74, 6) is 0. The minimum absolute atomic E-state index is 0.265. The van der Waals surface area contributed by atoms with Gasteiger partial charge in [0.25, 0.3) is 5.56 Å². The summed E-state index contributed by atoms with van der Waals surface area (Å²) in [6.07, 6.45) is -1.37. The van der Waals surface area contributed by atoms with Crippen LogP contribution in [-0.2, 0) is 18.6 Å². The molecule has 1 saturated heterocycles. The lowest BCUT2D eigenvalue weighted by Crippen LogP contribution is -2.35. The zero-order valence-electron chi connectivity index (χ0n) is 12.8. The molecule has 1 aromatic heterocycles. The normalized spacial score (nSPS) is 26.4. The second-order valence-electron chi connectivity index (χ2n) is 5.34. The molecule has 2 heterocycles. The van der Waals surface area contributed by atoms with Gasteiger partial charge in [0.1, 0.15) is 12.3 Å². The molecule has 1 aromatic rings. The molecule has 1 aliphatic heterocycles. The van der Waals surface area contributed by atoms with E-state index in [0.29, 0.717) is 5.56 Å². The third-order valence-electron chi connectivity index (χ3n) is 3.64. The number of phosphoric acid groups is 1. The van der Waals surface area contributed by atoms with E-state index in [4.69, 9.17) is 19.3 Å². The van der Waals surface area contributed by atoms with Crippen LogP contribution in [-0.4, -0.2) is 44.8 Å². The number of aryl methyl sites for hydroxylation is 1. The van der Waals surface area contributed by atoms with Gasteiger partial charge in [-0.2, -0.15) is 0 Å². The first-order valence-corrected chi connectivity index (χ1v) is 8.39. The second-order valence-corrected chi connectivity index (χ2v) is 6.54. The van der Waals surface area contributed by atoms with Gasteiger partial charge in [0, 0.05) is 25.3 Å². The lowest BCUT2D eigenvalue weighted by molar-refractivity contribution is -0.0815. The Morgan fingerprint density at radius 3 is 2.70 bits per heavy atom. The number of methoxy groups -OCH3 is 1. The van der Waals surface area contributed by atoms with E-state index in [1.54, 1.807) is 6.92 Å². The summed E-state index contributed by atoms with van der Waals surface area (Å²) < 4.78 is 27.7. The Morgan fingerprint density at radius 1 is 1.48 bits per heavy atom. The topological polar surface area (TPSA) is 140 Å². The first kappa shape index (κ1) is 18.1. The lowest BCUT2D eigenvalue weighted by atomic mass is 10.1. The van der Waals surface area contributed by atoms with Crippen molar-refractivity contribution < 1.29 is 28.3 Å². The van der Waals surface area contributed by atoms with Gasteiger partial charge < -0.3 is 19.3 Å². The van der Waals surface area contributed by atoms with Crippen LogP contribution in [0.3, 0.4) is 0 Å². The molecular formula is C12H19N2O8P. The number of H-pyrrole nitrogens is 1. The predicted octanol–water partition coefficient (Wildman–Crippen LogP) is -0.355. The molecular weight excluding hydrogens is 331 g/mol. The fraction of sp³-hybridized carbons (Fsp3) is 0.667. The highest BCUT2D eigenvalue weighted by Crippen LogP contribution is 2.41. The maximum absolute atomic E-state index is 11.9. The smallest absolute Gasteiger partial charge is 0.378 e. The largest absolute Gasteiger partial charge is 0.469 e. The molecule has 1 fully saturated rings. The Balaban J connectivity index is 2.25.